The third-order valence-corrected chi connectivity index (χ3v) is 3.75. The maximum absolute atomic E-state index is 12.0. The van der Waals surface area contributed by atoms with Gasteiger partial charge < -0.3 is 20.4 Å². The van der Waals surface area contributed by atoms with E-state index < -0.39 is 0 Å². The number of nitrogens with zero attached hydrogens (tertiary/aromatic N) is 1. The maximum atomic E-state index is 12.0. The molecule has 0 spiro atoms. The molecular weight excluding hydrogens is 332 g/mol. The number of aromatic nitrogens is 2. The van der Waals surface area contributed by atoms with Gasteiger partial charge in [0, 0.05) is 0 Å². The fraction of sp³-hybridized carbons (Fsp3) is 0.211. The van der Waals surface area contributed by atoms with Crippen LogP contribution in [0.15, 0.2) is 54.6 Å². The molecule has 2 aromatic carbocycles. The molecule has 1 aromatic heterocycles. The zero-order valence-electron chi connectivity index (χ0n) is 14.4. The second-order valence-corrected chi connectivity index (χ2v) is 5.81. The number of carbonyl (C=O) groups is 2. The number of ether oxygens (including phenoxy) is 1. The van der Waals surface area contributed by atoms with Gasteiger partial charge in [-0.3, -0.25) is 9.59 Å². The van der Waals surface area contributed by atoms with Crippen molar-refractivity contribution in [1.29, 1.82) is 0 Å². The highest BCUT2D eigenvalue weighted by molar-refractivity contribution is 5.85. The van der Waals surface area contributed by atoms with Crippen molar-refractivity contribution in [2.45, 2.75) is 13.0 Å². The molecular formula is C19H20N4O3. The van der Waals surface area contributed by atoms with E-state index in [-0.39, 0.29) is 31.0 Å². The van der Waals surface area contributed by atoms with Crippen molar-refractivity contribution >= 4 is 22.8 Å². The van der Waals surface area contributed by atoms with Gasteiger partial charge in [0.2, 0.25) is 5.91 Å². The summed E-state index contributed by atoms with van der Waals surface area (Å²) in [6.45, 7) is 1.56. The molecule has 7 heteroatoms. The highest BCUT2D eigenvalue weighted by Crippen LogP contribution is 2.15. The molecule has 1 unspecified atom stereocenters. The normalized spacial score (nSPS) is 11.7. The van der Waals surface area contributed by atoms with E-state index in [1.807, 2.05) is 49.4 Å². The maximum Gasteiger partial charge on any atom is 0.258 e. The van der Waals surface area contributed by atoms with Gasteiger partial charge in [-0.1, -0.05) is 30.3 Å². The summed E-state index contributed by atoms with van der Waals surface area (Å²) in [6.07, 6.45) is 0. The summed E-state index contributed by atoms with van der Waals surface area (Å²) in [7, 11) is 0. The van der Waals surface area contributed by atoms with Crippen molar-refractivity contribution in [1.82, 2.24) is 20.6 Å². The minimum Gasteiger partial charge on any atom is -0.484 e. The van der Waals surface area contributed by atoms with Crippen molar-refractivity contribution in [3.8, 4) is 5.75 Å². The van der Waals surface area contributed by atoms with E-state index in [0.717, 1.165) is 11.0 Å². The molecule has 0 saturated heterocycles. The summed E-state index contributed by atoms with van der Waals surface area (Å²) in [4.78, 5) is 31.4. The summed E-state index contributed by atoms with van der Waals surface area (Å²) in [5.74, 6) is 0.607. The first-order chi connectivity index (χ1) is 12.6. The van der Waals surface area contributed by atoms with Gasteiger partial charge in [-0.2, -0.15) is 0 Å². The predicted molar refractivity (Wildman–Crippen MR) is 97.6 cm³/mol. The van der Waals surface area contributed by atoms with E-state index in [0.29, 0.717) is 11.6 Å². The zero-order chi connectivity index (χ0) is 18.4. The van der Waals surface area contributed by atoms with Gasteiger partial charge in [0.15, 0.2) is 6.61 Å². The lowest BCUT2D eigenvalue weighted by molar-refractivity contribution is -0.127. The van der Waals surface area contributed by atoms with Crippen LogP contribution in [0, 0.1) is 0 Å². The number of amides is 2. The number of para-hydroxylation sites is 3. The second kappa shape index (κ2) is 8.15. The Morgan fingerprint density at radius 2 is 1.81 bits per heavy atom. The molecule has 3 rings (SSSR count). The highest BCUT2D eigenvalue weighted by atomic mass is 16.5. The standard InChI is InChI=1S/C19H20N4O3/c1-13(19-22-15-9-5-6-10-16(15)23-19)21-17(24)11-20-18(25)12-26-14-7-3-2-4-8-14/h2-10,13H,11-12H2,1H3,(H,20,25)(H,21,24)(H,22,23). The number of carbonyl (C=O) groups excluding carboxylic acids is 2. The number of benzene rings is 2. The lowest BCUT2D eigenvalue weighted by Gasteiger charge is -2.12. The summed E-state index contributed by atoms with van der Waals surface area (Å²) in [5, 5.41) is 5.33. The van der Waals surface area contributed by atoms with Crippen LogP contribution in [-0.4, -0.2) is 34.9 Å². The molecule has 0 bridgehead atoms. The summed E-state index contributed by atoms with van der Waals surface area (Å²) < 4.78 is 5.33. The molecule has 1 atom stereocenters. The van der Waals surface area contributed by atoms with Gasteiger partial charge in [-0.25, -0.2) is 4.98 Å². The first-order valence-corrected chi connectivity index (χ1v) is 8.30. The minimum absolute atomic E-state index is 0.123. The molecule has 3 aromatic rings. The lowest BCUT2D eigenvalue weighted by atomic mass is 10.3. The van der Waals surface area contributed by atoms with Crippen LogP contribution in [0.4, 0.5) is 0 Å². The molecule has 2 amide bonds. The smallest absolute Gasteiger partial charge is 0.258 e. The van der Waals surface area contributed by atoms with Gasteiger partial charge >= 0.3 is 0 Å². The Labute approximate surface area is 150 Å². The van der Waals surface area contributed by atoms with Crippen LogP contribution in [0.5, 0.6) is 5.75 Å². The molecule has 7 nitrogen and oxygen atoms in total. The van der Waals surface area contributed by atoms with Crippen LogP contribution in [0.25, 0.3) is 11.0 Å². The number of fused-ring (bicyclic) bond motifs is 1. The molecule has 0 radical (unpaired) electrons. The van der Waals surface area contributed by atoms with Crippen molar-refractivity contribution in [3.05, 3.63) is 60.4 Å². The predicted octanol–water partition coefficient (Wildman–Crippen LogP) is 1.94. The van der Waals surface area contributed by atoms with E-state index in [1.54, 1.807) is 12.1 Å². The number of hydrogen-bond acceptors (Lipinski definition) is 4. The largest absolute Gasteiger partial charge is 0.484 e. The Bertz CT molecular complexity index is 859. The summed E-state index contributed by atoms with van der Waals surface area (Å²) >= 11 is 0. The fourth-order valence-electron chi connectivity index (χ4n) is 2.43. The average molecular weight is 352 g/mol. The van der Waals surface area contributed by atoms with Crippen LogP contribution in [0.2, 0.25) is 0 Å². The number of H-pyrrole nitrogens is 1. The van der Waals surface area contributed by atoms with Crippen molar-refractivity contribution in [3.63, 3.8) is 0 Å². The first-order valence-electron chi connectivity index (χ1n) is 8.30. The Morgan fingerprint density at radius 3 is 2.58 bits per heavy atom. The second-order valence-electron chi connectivity index (χ2n) is 5.81. The zero-order valence-corrected chi connectivity index (χ0v) is 14.4. The number of aromatic amines is 1. The van der Waals surface area contributed by atoms with Gasteiger partial charge in [-0.05, 0) is 31.2 Å². The monoisotopic (exact) mass is 352 g/mol. The van der Waals surface area contributed by atoms with Crippen LogP contribution in [0.3, 0.4) is 0 Å². The molecule has 134 valence electrons. The average Bonchev–Trinajstić information content (AvgIpc) is 3.10. The molecule has 26 heavy (non-hydrogen) atoms. The topological polar surface area (TPSA) is 96.1 Å². The minimum atomic E-state index is -0.361. The third-order valence-electron chi connectivity index (χ3n) is 3.75. The highest BCUT2D eigenvalue weighted by Gasteiger charge is 2.14. The van der Waals surface area contributed by atoms with Gasteiger partial charge in [0.1, 0.15) is 11.6 Å². The number of rotatable bonds is 7. The lowest BCUT2D eigenvalue weighted by Crippen LogP contribution is -2.39. The SMILES string of the molecule is CC(NC(=O)CNC(=O)COc1ccccc1)c1nc2ccccc2[nH]1. The van der Waals surface area contributed by atoms with Gasteiger partial charge in [-0.15, -0.1) is 0 Å². The molecule has 0 saturated carbocycles. The molecule has 1 heterocycles. The summed E-state index contributed by atoms with van der Waals surface area (Å²) in [6, 6.07) is 16.4. The Balaban J connectivity index is 1.43. The molecule has 0 aliphatic heterocycles. The molecule has 0 fully saturated rings. The van der Waals surface area contributed by atoms with Crippen molar-refractivity contribution < 1.29 is 14.3 Å². The third kappa shape index (κ3) is 4.60. The van der Waals surface area contributed by atoms with Crippen LogP contribution >= 0.6 is 0 Å². The van der Waals surface area contributed by atoms with Gasteiger partial charge in [0.25, 0.3) is 5.91 Å². The number of imidazole rings is 1. The van der Waals surface area contributed by atoms with E-state index >= 15 is 0 Å². The molecule has 3 N–H and O–H groups in total. The Morgan fingerprint density at radius 1 is 1.08 bits per heavy atom. The van der Waals surface area contributed by atoms with Crippen molar-refractivity contribution in [2.24, 2.45) is 0 Å². The van der Waals surface area contributed by atoms with Gasteiger partial charge in [0.05, 0.1) is 23.6 Å². The molecule has 0 aliphatic rings. The van der Waals surface area contributed by atoms with E-state index in [4.69, 9.17) is 4.74 Å². The van der Waals surface area contributed by atoms with Crippen LogP contribution < -0.4 is 15.4 Å². The van der Waals surface area contributed by atoms with Crippen molar-refractivity contribution in [2.75, 3.05) is 13.2 Å². The Kier molecular flexibility index (Phi) is 5.48. The number of nitrogens with one attached hydrogen (secondary N) is 3. The quantitative estimate of drug-likeness (QED) is 0.605. The fourth-order valence-corrected chi connectivity index (χ4v) is 2.43. The van der Waals surface area contributed by atoms with E-state index in [1.165, 1.54) is 0 Å². The van der Waals surface area contributed by atoms with Crippen LogP contribution in [0.1, 0.15) is 18.8 Å². The van der Waals surface area contributed by atoms with E-state index in [2.05, 4.69) is 20.6 Å². The van der Waals surface area contributed by atoms with Crippen LogP contribution in [-0.2, 0) is 9.59 Å². The summed E-state index contributed by atoms with van der Waals surface area (Å²) in [5.41, 5.74) is 1.75. The molecule has 0 aliphatic carbocycles. The number of hydrogen-bond donors (Lipinski definition) is 3. The Hall–Kier alpha value is -3.35. The van der Waals surface area contributed by atoms with E-state index in [9.17, 15) is 9.59 Å². The first kappa shape index (κ1) is 17.5.